The number of aromatic nitrogens is 4. The van der Waals surface area contributed by atoms with Crippen molar-refractivity contribution in [3.63, 3.8) is 0 Å². The van der Waals surface area contributed by atoms with Crippen LogP contribution in [0.1, 0.15) is 26.5 Å². The van der Waals surface area contributed by atoms with Crippen LogP contribution in [0.15, 0.2) is 24.6 Å². The molecule has 10 heteroatoms. The third-order valence-corrected chi connectivity index (χ3v) is 6.43. The Labute approximate surface area is 151 Å². The Bertz CT molecular complexity index is 871. The standard InChI is InChI=1S/C16H23FN5O3P/c1-4-10(2)6-26(3,23)9-24-12-5-11(17)16(25-12)22-8-21-13-14(18)19-7-20-15(13)22/h5,7-8,10,12,16H,4,6,9H2,1-3H3,(H2,18,19,20)/t10?,12?,16-,26?/m1/s1. The Morgan fingerprint density at radius 2 is 2.23 bits per heavy atom. The van der Waals surface area contributed by atoms with Gasteiger partial charge in [0.1, 0.15) is 25.3 Å². The van der Waals surface area contributed by atoms with E-state index in [9.17, 15) is 8.96 Å². The molecule has 0 amide bonds. The van der Waals surface area contributed by atoms with Crippen LogP contribution >= 0.6 is 7.14 Å². The highest BCUT2D eigenvalue weighted by molar-refractivity contribution is 7.62. The molecule has 0 spiro atoms. The molecule has 2 N–H and O–H groups in total. The fraction of sp³-hybridized carbons (Fsp3) is 0.562. The predicted octanol–water partition coefficient (Wildman–Crippen LogP) is 3.13. The van der Waals surface area contributed by atoms with Gasteiger partial charge in [0.25, 0.3) is 0 Å². The first-order valence-electron chi connectivity index (χ1n) is 8.43. The molecule has 0 aromatic carbocycles. The fourth-order valence-electron chi connectivity index (χ4n) is 2.84. The maximum atomic E-state index is 14.4. The molecule has 0 aliphatic carbocycles. The number of anilines is 1. The number of nitrogens with zero attached hydrogens (tertiary/aromatic N) is 4. The van der Waals surface area contributed by atoms with Gasteiger partial charge in [-0.1, -0.05) is 20.3 Å². The van der Waals surface area contributed by atoms with E-state index in [1.165, 1.54) is 23.3 Å². The summed E-state index contributed by atoms with van der Waals surface area (Å²) in [4.78, 5) is 12.0. The number of nitrogens with two attached hydrogens (primary N) is 1. The van der Waals surface area contributed by atoms with E-state index in [2.05, 4.69) is 28.8 Å². The van der Waals surface area contributed by atoms with Gasteiger partial charge in [0.05, 0.1) is 6.33 Å². The van der Waals surface area contributed by atoms with E-state index in [0.717, 1.165) is 6.42 Å². The molecule has 2 aromatic rings. The fourth-order valence-corrected chi connectivity index (χ4v) is 4.99. The van der Waals surface area contributed by atoms with Crippen molar-refractivity contribution in [2.24, 2.45) is 5.92 Å². The summed E-state index contributed by atoms with van der Waals surface area (Å²) in [6.45, 7) is 5.81. The molecule has 0 bridgehead atoms. The van der Waals surface area contributed by atoms with Crippen molar-refractivity contribution in [3.8, 4) is 0 Å². The SMILES string of the molecule is CCC(C)CP(C)(=O)COC1C=C(F)[C@H](n2cnc3c(N)ncnc32)O1. The first-order valence-corrected chi connectivity index (χ1v) is 11.0. The largest absolute Gasteiger partial charge is 0.382 e. The number of imidazole rings is 1. The third-order valence-electron chi connectivity index (χ3n) is 4.34. The second-order valence-electron chi connectivity index (χ2n) is 6.78. The average Bonchev–Trinajstić information content (AvgIpc) is 3.16. The molecule has 26 heavy (non-hydrogen) atoms. The summed E-state index contributed by atoms with van der Waals surface area (Å²) in [5, 5.41) is 0. The van der Waals surface area contributed by atoms with E-state index in [1.54, 1.807) is 6.66 Å². The maximum absolute atomic E-state index is 14.4. The van der Waals surface area contributed by atoms with Crippen LogP contribution in [-0.2, 0) is 14.0 Å². The summed E-state index contributed by atoms with van der Waals surface area (Å²) in [6.07, 6.45) is 3.52. The summed E-state index contributed by atoms with van der Waals surface area (Å²) < 4.78 is 39.6. The highest BCUT2D eigenvalue weighted by atomic mass is 31.2. The number of nitrogen functional groups attached to an aromatic ring is 1. The third kappa shape index (κ3) is 3.95. The summed E-state index contributed by atoms with van der Waals surface area (Å²) in [6, 6.07) is 0. The first-order chi connectivity index (χ1) is 12.3. The highest BCUT2D eigenvalue weighted by Crippen LogP contribution is 2.44. The van der Waals surface area contributed by atoms with Gasteiger partial charge < -0.3 is 19.8 Å². The van der Waals surface area contributed by atoms with Crippen LogP contribution in [0.4, 0.5) is 10.2 Å². The number of fused-ring (bicyclic) bond motifs is 1. The number of hydrogen-bond acceptors (Lipinski definition) is 7. The van der Waals surface area contributed by atoms with Gasteiger partial charge in [-0.3, -0.25) is 4.57 Å². The molecular weight excluding hydrogens is 360 g/mol. The van der Waals surface area contributed by atoms with Crippen molar-refractivity contribution in [1.82, 2.24) is 19.5 Å². The molecule has 2 aromatic heterocycles. The smallest absolute Gasteiger partial charge is 0.192 e. The molecule has 3 unspecified atom stereocenters. The molecule has 4 atom stereocenters. The van der Waals surface area contributed by atoms with Crippen LogP contribution in [-0.4, -0.2) is 45.0 Å². The summed E-state index contributed by atoms with van der Waals surface area (Å²) in [7, 11) is -2.47. The first kappa shape index (κ1) is 18.9. The van der Waals surface area contributed by atoms with E-state index in [4.69, 9.17) is 15.2 Å². The summed E-state index contributed by atoms with van der Waals surface area (Å²) in [5.41, 5.74) is 6.49. The minimum absolute atomic E-state index is 0.0400. The van der Waals surface area contributed by atoms with Crippen molar-refractivity contribution in [2.45, 2.75) is 32.8 Å². The predicted molar refractivity (Wildman–Crippen MR) is 96.6 cm³/mol. The molecule has 0 fully saturated rings. The Kier molecular flexibility index (Phi) is 5.41. The molecule has 142 valence electrons. The van der Waals surface area contributed by atoms with Gasteiger partial charge in [-0.2, -0.15) is 0 Å². The lowest BCUT2D eigenvalue weighted by Crippen LogP contribution is -2.17. The van der Waals surface area contributed by atoms with E-state index in [0.29, 0.717) is 23.2 Å². The van der Waals surface area contributed by atoms with Crippen molar-refractivity contribution < 1.29 is 18.4 Å². The molecule has 8 nitrogen and oxygen atoms in total. The molecule has 0 radical (unpaired) electrons. The number of ether oxygens (including phenoxy) is 2. The minimum atomic E-state index is -2.47. The Morgan fingerprint density at radius 1 is 1.46 bits per heavy atom. The van der Waals surface area contributed by atoms with Gasteiger partial charge in [0.2, 0.25) is 0 Å². The van der Waals surface area contributed by atoms with Gasteiger partial charge in [-0.05, 0) is 12.6 Å². The zero-order valence-electron chi connectivity index (χ0n) is 15.0. The van der Waals surface area contributed by atoms with Crippen LogP contribution < -0.4 is 5.73 Å². The summed E-state index contributed by atoms with van der Waals surface area (Å²) in [5.74, 6) is 0.0293. The zero-order chi connectivity index (χ0) is 18.9. The van der Waals surface area contributed by atoms with Gasteiger partial charge in [0, 0.05) is 12.2 Å². The van der Waals surface area contributed by atoms with Crippen LogP contribution in [0.25, 0.3) is 11.2 Å². The minimum Gasteiger partial charge on any atom is -0.382 e. The van der Waals surface area contributed by atoms with E-state index < -0.39 is 25.5 Å². The highest BCUT2D eigenvalue weighted by Gasteiger charge is 2.32. The van der Waals surface area contributed by atoms with Gasteiger partial charge in [-0.25, -0.2) is 19.3 Å². The van der Waals surface area contributed by atoms with Crippen molar-refractivity contribution in [3.05, 3.63) is 24.6 Å². The zero-order valence-corrected chi connectivity index (χ0v) is 15.9. The van der Waals surface area contributed by atoms with Crippen LogP contribution in [0.5, 0.6) is 0 Å². The second kappa shape index (κ2) is 7.42. The van der Waals surface area contributed by atoms with Gasteiger partial charge in [-0.15, -0.1) is 0 Å². The molecule has 1 aliphatic heterocycles. The number of rotatable bonds is 7. The number of hydrogen-bond donors (Lipinski definition) is 1. The molecule has 1 aliphatic rings. The van der Waals surface area contributed by atoms with E-state index in [-0.39, 0.29) is 12.2 Å². The normalized spacial score (nSPS) is 23.8. The Morgan fingerprint density at radius 3 is 2.96 bits per heavy atom. The van der Waals surface area contributed by atoms with Crippen molar-refractivity contribution in [1.29, 1.82) is 0 Å². The summed E-state index contributed by atoms with van der Waals surface area (Å²) >= 11 is 0. The van der Waals surface area contributed by atoms with E-state index in [1.807, 2.05) is 0 Å². The second-order valence-corrected chi connectivity index (χ2v) is 10.00. The van der Waals surface area contributed by atoms with Gasteiger partial charge in [0.15, 0.2) is 29.8 Å². The van der Waals surface area contributed by atoms with Crippen molar-refractivity contribution >= 4 is 24.1 Å². The molecular formula is C16H23FN5O3P. The topological polar surface area (TPSA) is 105 Å². The quantitative estimate of drug-likeness (QED) is 0.732. The molecule has 3 rings (SSSR count). The van der Waals surface area contributed by atoms with E-state index >= 15 is 0 Å². The lowest BCUT2D eigenvalue weighted by molar-refractivity contribution is -0.128. The van der Waals surface area contributed by atoms with Crippen LogP contribution in [0.2, 0.25) is 0 Å². The lowest BCUT2D eigenvalue weighted by Gasteiger charge is -2.20. The molecule has 0 saturated carbocycles. The van der Waals surface area contributed by atoms with Crippen LogP contribution in [0, 0.1) is 5.92 Å². The number of halogens is 1. The monoisotopic (exact) mass is 383 g/mol. The van der Waals surface area contributed by atoms with Crippen LogP contribution in [0.3, 0.4) is 0 Å². The van der Waals surface area contributed by atoms with Crippen molar-refractivity contribution in [2.75, 3.05) is 24.9 Å². The molecule has 3 heterocycles. The lowest BCUT2D eigenvalue weighted by atomic mass is 10.2. The van der Waals surface area contributed by atoms with Gasteiger partial charge >= 0.3 is 0 Å². The molecule has 0 saturated heterocycles. The average molecular weight is 383 g/mol. The maximum Gasteiger partial charge on any atom is 0.192 e. The Hall–Kier alpha value is -1.83. The Balaban J connectivity index is 1.68.